The number of benzene rings is 2. The van der Waals surface area contributed by atoms with Crippen LogP contribution in [-0.4, -0.2) is 26.1 Å². The van der Waals surface area contributed by atoms with Gasteiger partial charge in [0.1, 0.15) is 0 Å². The maximum Gasteiger partial charge on any atom is 0.257 e. The third-order valence-corrected chi connectivity index (χ3v) is 4.44. The lowest BCUT2D eigenvalue weighted by Gasteiger charge is -2.11. The highest BCUT2D eigenvalue weighted by Gasteiger charge is 2.12. The second-order valence-electron chi connectivity index (χ2n) is 6.49. The van der Waals surface area contributed by atoms with E-state index in [4.69, 9.17) is 11.6 Å². The molecule has 0 atom stereocenters. The van der Waals surface area contributed by atoms with Crippen molar-refractivity contribution in [1.29, 1.82) is 0 Å². The number of anilines is 5. The van der Waals surface area contributed by atoms with Crippen LogP contribution in [0.4, 0.5) is 28.8 Å². The van der Waals surface area contributed by atoms with Gasteiger partial charge in [-0.1, -0.05) is 29.8 Å². The number of carbonyl (C=O) groups excluding carboxylic acids is 1. The Labute approximate surface area is 177 Å². The summed E-state index contributed by atoms with van der Waals surface area (Å²) in [5.74, 6) is 1.38. The average molecular weight is 420 g/mol. The summed E-state index contributed by atoms with van der Waals surface area (Å²) in [7, 11) is 0. The second-order valence-corrected chi connectivity index (χ2v) is 6.90. The van der Waals surface area contributed by atoms with Gasteiger partial charge in [0.25, 0.3) is 5.91 Å². The number of nitrogens with one attached hydrogen (secondary N) is 4. The fourth-order valence-electron chi connectivity index (χ4n) is 2.74. The zero-order valence-corrected chi connectivity index (χ0v) is 16.7. The number of aryl methyl sites for hydroxylation is 1. The van der Waals surface area contributed by atoms with Crippen LogP contribution in [0.2, 0.25) is 5.02 Å². The molecule has 2 aromatic heterocycles. The molecule has 4 rings (SSSR count). The summed E-state index contributed by atoms with van der Waals surface area (Å²) in [5, 5.41) is 16.4. The summed E-state index contributed by atoms with van der Waals surface area (Å²) in [4.78, 5) is 21.3. The Morgan fingerprint density at radius 3 is 2.43 bits per heavy atom. The lowest BCUT2D eigenvalue weighted by Crippen LogP contribution is -2.12. The molecule has 0 spiro atoms. The molecule has 8 nitrogen and oxygen atoms in total. The number of aromatic nitrogens is 4. The molecule has 4 aromatic rings. The van der Waals surface area contributed by atoms with Crippen molar-refractivity contribution in [1.82, 2.24) is 20.2 Å². The minimum atomic E-state index is -0.301. The molecule has 30 heavy (non-hydrogen) atoms. The van der Waals surface area contributed by atoms with Crippen molar-refractivity contribution in [2.75, 3.05) is 16.0 Å². The Kier molecular flexibility index (Phi) is 5.58. The summed E-state index contributed by atoms with van der Waals surface area (Å²) < 4.78 is 0. The van der Waals surface area contributed by atoms with E-state index in [2.05, 4.69) is 36.1 Å². The maximum absolute atomic E-state index is 12.6. The van der Waals surface area contributed by atoms with Crippen LogP contribution in [0.3, 0.4) is 0 Å². The van der Waals surface area contributed by atoms with Crippen LogP contribution < -0.4 is 16.0 Å². The van der Waals surface area contributed by atoms with E-state index in [0.29, 0.717) is 39.4 Å². The zero-order valence-electron chi connectivity index (χ0n) is 16.0. The number of halogens is 1. The first-order valence-corrected chi connectivity index (χ1v) is 9.49. The Bertz CT molecular complexity index is 1180. The van der Waals surface area contributed by atoms with Crippen molar-refractivity contribution < 1.29 is 4.79 Å². The molecule has 0 saturated heterocycles. The molecule has 0 bridgehead atoms. The number of nitrogens with zero attached hydrogens (tertiary/aromatic N) is 3. The first kappa shape index (κ1) is 19.4. The normalized spacial score (nSPS) is 10.5. The van der Waals surface area contributed by atoms with Crippen LogP contribution in [0.1, 0.15) is 16.1 Å². The highest BCUT2D eigenvalue weighted by molar-refractivity contribution is 6.34. The van der Waals surface area contributed by atoms with Gasteiger partial charge in [0.05, 0.1) is 23.0 Å². The summed E-state index contributed by atoms with van der Waals surface area (Å²) in [6.45, 7) is 1.91. The number of rotatable bonds is 6. The second kappa shape index (κ2) is 8.62. The number of amides is 1. The molecule has 0 unspecified atom stereocenters. The first-order chi connectivity index (χ1) is 14.6. The summed E-state index contributed by atoms with van der Waals surface area (Å²) in [5.41, 5.74) is 2.62. The van der Waals surface area contributed by atoms with Crippen LogP contribution in [-0.2, 0) is 0 Å². The first-order valence-electron chi connectivity index (χ1n) is 9.11. The van der Waals surface area contributed by atoms with E-state index < -0.39 is 0 Å². The zero-order chi connectivity index (χ0) is 20.9. The standard InChI is InChI=1S/C21H18ClN7O/c1-13-9-18(29-28-13)26-20-12-23-11-19(27-20)24-15-7-8-17(22)16(10-15)21(30)25-14-5-3-2-4-6-14/h2-12H,1H3,(H,25,30)(H3,24,26,27,28,29). The molecule has 4 N–H and O–H groups in total. The molecule has 9 heteroatoms. The van der Waals surface area contributed by atoms with Crippen molar-refractivity contribution in [2.45, 2.75) is 6.92 Å². The van der Waals surface area contributed by atoms with E-state index >= 15 is 0 Å². The van der Waals surface area contributed by atoms with E-state index in [0.717, 1.165) is 5.69 Å². The van der Waals surface area contributed by atoms with Gasteiger partial charge in [0, 0.05) is 23.1 Å². The third kappa shape index (κ3) is 4.73. The molecular formula is C21H18ClN7O. The molecule has 0 radical (unpaired) electrons. The molecule has 150 valence electrons. The molecular weight excluding hydrogens is 402 g/mol. The average Bonchev–Trinajstić information content (AvgIpc) is 3.15. The Morgan fingerprint density at radius 2 is 1.70 bits per heavy atom. The molecule has 0 aliphatic rings. The lowest BCUT2D eigenvalue weighted by atomic mass is 10.1. The summed E-state index contributed by atoms with van der Waals surface area (Å²) in [6.07, 6.45) is 3.18. The molecule has 1 amide bonds. The van der Waals surface area contributed by atoms with Crippen molar-refractivity contribution in [3.05, 3.63) is 83.3 Å². The quantitative estimate of drug-likeness (QED) is 0.354. The van der Waals surface area contributed by atoms with Crippen LogP contribution in [0.25, 0.3) is 0 Å². The SMILES string of the molecule is Cc1cc(Nc2cncc(Nc3ccc(Cl)c(C(=O)Nc4ccccc4)c3)n2)n[nH]1. The summed E-state index contributed by atoms with van der Waals surface area (Å²) in [6, 6.07) is 16.1. The number of hydrogen-bond acceptors (Lipinski definition) is 6. The van der Waals surface area contributed by atoms with Crippen LogP contribution in [0, 0.1) is 6.92 Å². The summed E-state index contributed by atoms with van der Waals surface area (Å²) >= 11 is 6.24. The molecule has 0 fully saturated rings. The monoisotopic (exact) mass is 419 g/mol. The number of H-pyrrole nitrogens is 1. The highest BCUT2D eigenvalue weighted by Crippen LogP contribution is 2.24. The number of para-hydroxylation sites is 1. The highest BCUT2D eigenvalue weighted by atomic mass is 35.5. The van der Waals surface area contributed by atoms with E-state index in [1.165, 1.54) is 0 Å². The van der Waals surface area contributed by atoms with E-state index in [-0.39, 0.29) is 5.91 Å². The smallest absolute Gasteiger partial charge is 0.257 e. The van der Waals surface area contributed by atoms with Gasteiger partial charge in [-0.3, -0.25) is 14.9 Å². The predicted molar refractivity (Wildman–Crippen MR) is 118 cm³/mol. The van der Waals surface area contributed by atoms with E-state index in [9.17, 15) is 4.79 Å². The van der Waals surface area contributed by atoms with E-state index in [1.807, 2.05) is 43.3 Å². The van der Waals surface area contributed by atoms with Crippen LogP contribution in [0.15, 0.2) is 67.0 Å². The third-order valence-electron chi connectivity index (χ3n) is 4.11. The van der Waals surface area contributed by atoms with Crippen LogP contribution >= 0.6 is 11.6 Å². The van der Waals surface area contributed by atoms with Gasteiger partial charge in [0.2, 0.25) is 0 Å². The van der Waals surface area contributed by atoms with E-state index in [1.54, 1.807) is 30.6 Å². The molecule has 2 heterocycles. The Balaban J connectivity index is 1.50. The topological polar surface area (TPSA) is 108 Å². The fraction of sp³-hybridized carbons (Fsp3) is 0.0476. The molecule has 2 aromatic carbocycles. The van der Waals surface area contributed by atoms with Gasteiger partial charge in [-0.25, -0.2) is 4.98 Å². The maximum atomic E-state index is 12.6. The Hall–Kier alpha value is -3.91. The minimum Gasteiger partial charge on any atom is -0.339 e. The number of carbonyl (C=O) groups is 1. The van der Waals surface area contributed by atoms with Gasteiger partial charge in [-0.2, -0.15) is 5.10 Å². The van der Waals surface area contributed by atoms with Gasteiger partial charge in [-0.05, 0) is 37.3 Å². The number of hydrogen-bond donors (Lipinski definition) is 4. The van der Waals surface area contributed by atoms with Gasteiger partial charge >= 0.3 is 0 Å². The Morgan fingerprint density at radius 1 is 0.933 bits per heavy atom. The molecule has 0 saturated carbocycles. The van der Waals surface area contributed by atoms with Crippen molar-refractivity contribution in [2.24, 2.45) is 0 Å². The largest absolute Gasteiger partial charge is 0.339 e. The van der Waals surface area contributed by atoms with Gasteiger partial charge in [-0.15, -0.1) is 0 Å². The molecule has 0 aliphatic carbocycles. The fourth-order valence-corrected chi connectivity index (χ4v) is 2.95. The lowest BCUT2D eigenvalue weighted by molar-refractivity contribution is 0.102. The number of aromatic amines is 1. The van der Waals surface area contributed by atoms with Gasteiger partial charge < -0.3 is 16.0 Å². The predicted octanol–water partition coefficient (Wildman–Crippen LogP) is 4.90. The van der Waals surface area contributed by atoms with Crippen molar-refractivity contribution >= 4 is 46.3 Å². The molecule has 0 aliphatic heterocycles. The van der Waals surface area contributed by atoms with Crippen molar-refractivity contribution in [3.63, 3.8) is 0 Å². The van der Waals surface area contributed by atoms with Crippen LogP contribution in [0.5, 0.6) is 0 Å². The minimum absolute atomic E-state index is 0.301. The van der Waals surface area contributed by atoms with Gasteiger partial charge in [0.15, 0.2) is 17.5 Å². The van der Waals surface area contributed by atoms with Crippen molar-refractivity contribution in [3.8, 4) is 0 Å².